The molecule has 0 aromatic heterocycles. The normalized spacial score (nSPS) is 15.2. The first-order valence-electron chi connectivity index (χ1n) is 6.93. The maximum Gasteiger partial charge on any atom is 0.335 e. The third kappa shape index (κ3) is 15.3. The summed E-state index contributed by atoms with van der Waals surface area (Å²) in [6, 6.07) is 0. The van der Waals surface area contributed by atoms with Crippen LogP contribution < -0.4 is 0 Å². The molecule has 0 rings (SSSR count). The molecule has 4 unspecified atom stereocenters. The van der Waals surface area contributed by atoms with Gasteiger partial charge in [-0.05, 0) is 27.7 Å². The van der Waals surface area contributed by atoms with Crippen molar-refractivity contribution < 1.29 is 37.4 Å². The van der Waals surface area contributed by atoms with E-state index < -0.39 is 37.8 Å². The number of methoxy groups -OCH3 is 1. The van der Waals surface area contributed by atoms with Gasteiger partial charge in [0.25, 0.3) is 0 Å². The van der Waals surface area contributed by atoms with Crippen molar-refractivity contribution in [3.05, 3.63) is 0 Å². The SMILES string of the molecule is C.C.C.C.CCOP(C)(=O)OC(C)C(=O)OCC(C)OC(=O)C(C)OC. The number of hydrogen-bond donors (Lipinski definition) is 0. The molecule has 0 aromatic rings. The number of esters is 2. The molecule has 26 heavy (non-hydrogen) atoms. The van der Waals surface area contributed by atoms with Crippen LogP contribution in [0.15, 0.2) is 0 Å². The highest BCUT2D eigenvalue weighted by molar-refractivity contribution is 7.53. The van der Waals surface area contributed by atoms with Gasteiger partial charge in [-0.25, -0.2) is 9.59 Å². The average Bonchev–Trinajstić information content (AvgIpc) is 2.42. The first kappa shape index (κ1) is 36.0. The zero-order valence-corrected chi connectivity index (χ0v) is 14.8. The van der Waals surface area contributed by atoms with E-state index in [1.165, 1.54) is 20.7 Å². The molecule has 0 N–H and O–H groups in total. The van der Waals surface area contributed by atoms with Gasteiger partial charge in [0.15, 0.2) is 12.2 Å². The van der Waals surface area contributed by atoms with Crippen molar-refractivity contribution in [2.75, 3.05) is 27.0 Å². The van der Waals surface area contributed by atoms with Crippen LogP contribution in [0, 0.1) is 0 Å². The number of ether oxygens (including phenoxy) is 3. The molecule has 0 heterocycles. The van der Waals surface area contributed by atoms with Gasteiger partial charge in [-0.2, -0.15) is 0 Å². The fourth-order valence-electron chi connectivity index (χ4n) is 1.34. The van der Waals surface area contributed by atoms with Crippen molar-refractivity contribution in [1.29, 1.82) is 0 Å². The van der Waals surface area contributed by atoms with E-state index in [9.17, 15) is 14.2 Å². The average molecular weight is 404 g/mol. The first-order valence-corrected chi connectivity index (χ1v) is 8.92. The van der Waals surface area contributed by atoms with Gasteiger partial charge in [-0.3, -0.25) is 9.09 Å². The molecular weight excluding hydrogens is 363 g/mol. The lowest BCUT2D eigenvalue weighted by molar-refractivity contribution is -0.167. The molecule has 0 saturated heterocycles. The van der Waals surface area contributed by atoms with Gasteiger partial charge in [-0.1, -0.05) is 29.7 Å². The Balaban J connectivity index is -0.000000367. The zero-order chi connectivity index (χ0) is 17.3. The first-order chi connectivity index (χ1) is 10.1. The Labute approximate surface area is 160 Å². The Hall–Kier alpha value is -0.950. The highest BCUT2D eigenvalue weighted by Crippen LogP contribution is 2.44. The zero-order valence-electron chi connectivity index (χ0n) is 13.9. The monoisotopic (exact) mass is 404 g/mol. The molecule has 4 atom stereocenters. The summed E-state index contributed by atoms with van der Waals surface area (Å²) in [4.78, 5) is 23.2. The van der Waals surface area contributed by atoms with Crippen molar-refractivity contribution in [2.45, 2.75) is 75.7 Å². The molecule has 0 aromatic carbocycles. The van der Waals surface area contributed by atoms with Crippen LogP contribution in [0.4, 0.5) is 0 Å². The Morgan fingerprint density at radius 2 is 1.46 bits per heavy atom. The Bertz CT molecular complexity index is 414. The minimum absolute atomic E-state index is 0. The van der Waals surface area contributed by atoms with Crippen molar-refractivity contribution >= 4 is 19.5 Å². The molecule has 9 heteroatoms. The van der Waals surface area contributed by atoms with Gasteiger partial charge in [0.2, 0.25) is 0 Å². The minimum atomic E-state index is -3.29. The van der Waals surface area contributed by atoms with Crippen LogP contribution in [0.25, 0.3) is 0 Å². The molecule has 0 spiro atoms. The lowest BCUT2D eigenvalue weighted by atomic mass is 10.4. The van der Waals surface area contributed by atoms with Crippen LogP contribution in [0.3, 0.4) is 0 Å². The second-order valence-electron chi connectivity index (χ2n) is 4.69. The van der Waals surface area contributed by atoms with Gasteiger partial charge in [0, 0.05) is 13.8 Å². The summed E-state index contributed by atoms with van der Waals surface area (Å²) in [6.07, 6.45) is -2.39. The van der Waals surface area contributed by atoms with Gasteiger partial charge < -0.3 is 18.7 Å². The molecule has 0 aliphatic rings. The molecule has 0 bridgehead atoms. The van der Waals surface area contributed by atoms with Crippen molar-refractivity contribution in [2.24, 2.45) is 0 Å². The topological polar surface area (TPSA) is 97.4 Å². The molecule has 0 amide bonds. The maximum atomic E-state index is 11.8. The maximum absolute atomic E-state index is 11.8. The van der Waals surface area contributed by atoms with Crippen LogP contribution in [-0.2, 0) is 37.4 Å². The third-order valence-electron chi connectivity index (χ3n) is 2.51. The van der Waals surface area contributed by atoms with Crippen molar-refractivity contribution in [3.8, 4) is 0 Å². The summed E-state index contributed by atoms with van der Waals surface area (Å²) in [6.45, 7) is 7.53. The molecule has 162 valence electrons. The van der Waals surface area contributed by atoms with E-state index in [1.54, 1.807) is 20.8 Å². The van der Waals surface area contributed by atoms with E-state index in [2.05, 4.69) is 0 Å². The molecule has 8 nitrogen and oxygen atoms in total. The smallest absolute Gasteiger partial charge is 0.335 e. The molecule has 0 aliphatic heterocycles. The van der Waals surface area contributed by atoms with Gasteiger partial charge in [0.1, 0.15) is 12.7 Å². The van der Waals surface area contributed by atoms with Crippen LogP contribution in [0.2, 0.25) is 0 Å². The quantitative estimate of drug-likeness (QED) is 0.392. The van der Waals surface area contributed by atoms with Crippen LogP contribution >= 0.6 is 7.60 Å². The van der Waals surface area contributed by atoms with Gasteiger partial charge in [0.05, 0.1) is 6.61 Å². The summed E-state index contributed by atoms with van der Waals surface area (Å²) in [7, 11) is -1.91. The Morgan fingerprint density at radius 1 is 0.962 bits per heavy atom. The number of hydrogen-bond acceptors (Lipinski definition) is 8. The van der Waals surface area contributed by atoms with Crippen molar-refractivity contribution in [3.63, 3.8) is 0 Å². The number of rotatable bonds is 10. The summed E-state index contributed by atoms with van der Waals surface area (Å²) >= 11 is 0. The fourth-order valence-corrected chi connectivity index (χ4v) is 2.53. The standard InChI is InChI=1S/C13H25O8P.4CH4/c1-7-19-22(6,16)21-11(4)12(14)18-8-9(2)20-13(15)10(3)17-5;;;;/h9-11H,7-8H2,1-6H3;4*1H4. The van der Waals surface area contributed by atoms with E-state index in [0.29, 0.717) is 0 Å². The molecular formula is C17H41O8P. The second kappa shape index (κ2) is 17.5. The number of carbonyl (C=O) groups excluding carboxylic acids is 2. The summed E-state index contributed by atoms with van der Waals surface area (Å²) < 4.78 is 36.5. The molecule has 0 fully saturated rings. The minimum Gasteiger partial charge on any atom is -0.460 e. The lowest BCUT2D eigenvalue weighted by Crippen LogP contribution is -2.31. The molecule has 0 radical (unpaired) electrons. The van der Waals surface area contributed by atoms with E-state index in [1.807, 2.05) is 0 Å². The fraction of sp³-hybridized carbons (Fsp3) is 0.882. The highest BCUT2D eigenvalue weighted by atomic mass is 31.2. The Kier molecular flexibility index (Phi) is 24.2. The molecule has 0 aliphatic carbocycles. The van der Waals surface area contributed by atoms with E-state index in [4.69, 9.17) is 23.3 Å². The summed E-state index contributed by atoms with van der Waals surface area (Å²) in [5.41, 5.74) is 0. The Morgan fingerprint density at radius 3 is 1.88 bits per heavy atom. The highest BCUT2D eigenvalue weighted by Gasteiger charge is 2.26. The van der Waals surface area contributed by atoms with Gasteiger partial charge in [-0.15, -0.1) is 0 Å². The molecule has 0 saturated carbocycles. The van der Waals surface area contributed by atoms with E-state index in [0.717, 1.165) is 0 Å². The summed E-state index contributed by atoms with van der Waals surface area (Å²) in [5.74, 6) is -1.27. The predicted molar refractivity (Wildman–Crippen MR) is 106 cm³/mol. The van der Waals surface area contributed by atoms with E-state index in [-0.39, 0.29) is 42.9 Å². The largest absolute Gasteiger partial charge is 0.460 e. The van der Waals surface area contributed by atoms with Crippen LogP contribution in [-0.4, -0.2) is 57.2 Å². The van der Waals surface area contributed by atoms with E-state index >= 15 is 0 Å². The van der Waals surface area contributed by atoms with Crippen LogP contribution in [0.5, 0.6) is 0 Å². The van der Waals surface area contributed by atoms with Gasteiger partial charge >= 0.3 is 19.5 Å². The lowest BCUT2D eigenvalue weighted by Gasteiger charge is -2.19. The predicted octanol–water partition coefficient (Wildman–Crippen LogP) is 4.31. The van der Waals surface area contributed by atoms with Crippen molar-refractivity contribution in [1.82, 2.24) is 0 Å². The second-order valence-corrected chi connectivity index (χ2v) is 6.70. The van der Waals surface area contributed by atoms with Crippen LogP contribution in [0.1, 0.15) is 57.4 Å². The third-order valence-corrected chi connectivity index (χ3v) is 3.93. The number of carbonyl (C=O) groups is 2. The summed E-state index contributed by atoms with van der Waals surface area (Å²) in [5, 5.41) is 0.